The Balaban J connectivity index is 1.54. The van der Waals surface area contributed by atoms with Crippen LogP contribution >= 0.6 is 11.3 Å². The van der Waals surface area contributed by atoms with Gasteiger partial charge in [-0.3, -0.25) is 9.80 Å². The largest absolute Gasteiger partial charge is 0.444 e. The minimum absolute atomic E-state index is 0.0643. The Morgan fingerprint density at radius 2 is 2.04 bits per heavy atom. The molecule has 0 aliphatic carbocycles. The highest BCUT2D eigenvalue weighted by Gasteiger charge is 2.37. The summed E-state index contributed by atoms with van der Waals surface area (Å²) < 4.78 is 19.7. The van der Waals surface area contributed by atoms with Gasteiger partial charge in [0.15, 0.2) is 0 Å². The molecule has 3 aliphatic rings. The third kappa shape index (κ3) is 4.17. The van der Waals surface area contributed by atoms with Crippen molar-refractivity contribution < 1.29 is 13.9 Å². The normalized spacial score (nSPS) is 24.0. The fourth-order valence-electron chi connectivity index (χ4n) is 4.00. The molecule has 0 unspecified atom stereocenters. The van der Waals surface area contributed by atoms with Gasteiger partial charge in [0, 0.05) is 16.3 Å². The number of nitrogens with zero attached hydrogens (tertiary/aromatic N) is 2. The molecule has 3 aliphatic heterocycles. The van der Waals surface area contributed by atoms with Gasteiger partial charge in [0.1, 0.15) is 11.9 Å². The smallest absolute Gasteiger partial charge is 0.414 e. The highest BCUT2D eigenvalue weighted by Crippen LogP contribution is 2.31. The summed E-state index contributed by atoms with van der Waals surface area (Å²) in [5.41, 5.74) is 0.535. The van der Waals surface area contributed by atoms with Gasteiger partial charge < -0.3 is 4.74 Å². The van der Waals surface area contributed by atoms with Crippen LogP contribution in [0.25, 0.3) is 0 Å². The maximum atomic E-state index is 13.8. The first kappa shape index (κ1) is 18.4. The third-order valence-electron chi connectivity index (χ3n) is 5.57. The monoisotopic (exact) mass is 388 g/mol. The van der Waals surface area contributed by atoms with Gasteiger partial charge in [-0.05, 0) is 68.6 Å². The third-order valence-corrected chi connectivity index (χ3v) is 6.78. The van der Waals surface area contributed by atoms with Gasteiger partial charge in [-0.1, -0.05) is 13.0 Å². The van der Waals surface area contributed by atoms with Gasteiger partial charge >= 0.3 is 6.09 Å². The van der Waals surface area contributed by atoms with Gasteiger partial charge in [0.05, 0.1) is 12.2 Å². The van der Waals surface area contributed by atoms with Crippen molar-refractivity contribution in [3.63, 3.8) is 0 Å². The number of thiophene rings is 1. The molecule has 3 saturated heterocycles. The zero-order valence-corrected chi connectivity index (χ0v) is 16.4. The lowest BCUT2D eigenvalue weighted by molar-refractivity contribution is -0.0311. The molecule has 1 amide bonds. The highest BCUT2D eigenvalue weighted by atomic mass is 32.1. The lowest BCUT2D eigenvalue weighted by Crippen LogP contribution is -2.53. The molecule has 3 fully saturated rings. The number of carbonyl (C=O) groups excluding carboxylic acids is 1. The van der Waals surface area contributed by atoms with Crippen molar-refractivity contribution in [1.29, 1.82) is 0 Å². The van der Waals surface area contributed by atoms with E-state index < -0.39 is 0 Å². The molecule has 1 aromatic carbocycles. The van der Waals surface area contributed by atoms with Gasteiger partial charge in [-0.25, -0.2) is 9.18 Å². The summed E-state index contributed by atoms with van der Waals surface area (Å²) in [4.78, 5) is 19.3. The van der Waals surface area contributed by atoms with E-state index in [0.29, 0.717) is 18.2 Å². The standard InChI is InChI=1S/C21H25FN2O2S/c1-2-18-6-7-19(27-18)13-24(17-5-3-4-16(22)12-17)21(25)26-20-14-23-10-8-15(20)9-11-23/h3-7,12,15,20H,2,8-11,13-14H2,1H3/t20-/m0/s1. The molecular weight excluding hydrogens is 363 g/mol. The average Bonchev–Trinajstić information content (AvgIpc) is 3.15. The highest BCUT2D eigenvalue weighted by molar-refractivity contribution is 7.12. The number of hydrogen-bond acceptors (Lipinski definition) is 4. The van der Waals surface area contributed by atoms with E-state index in [2.05, 4.69) is 17.9 Å². The van der Waals surface area contributed by atoms with E-state index >= 15 is 0 Å². The Hall–Kier alpha value is -1.92. The van der Waals surface area contributed by atoms with E-state index in [0.717, 1.165) is 43.8 Å². The van der Waals surface area contributed by atoms with E-state index in [1.54, 1.807) is 28.4 Å². The first-order chi connectivity index (χ1) is 13.1. The number of ether oxygens (including phenoxy) is 1. The van der Waals surface area contributed by atoms with E-state index in [1.807, 2.05) is 6.07 Å². The Morgan fingerprint density at radius 1 is 1.26 bits per heavy atom. The van der Waals surface area contributed by atoms with Crippen LogP contribution in [0.5, 0.6) is 0 Å². The van der Waals surface area contributed by atoms with E-state index in [-0.39, 0.29) is 18.0 Å². The number of halogens is 1. The fourth-order valence-corrected chi connectivity index (χ4v) is 4.94. The van der Waals surface area contributed by atoms with Crippen molar-refractivity contribution >= 4 is 23.1 Å². The van der Waals surface area contributed by atoms with Crippen molar-refractivity contribution in [1.82, 2.24) is 4.90 Å². The van der Waals surface area contributed by atoms with Crippen molar-refractivity contribution in [2.45, 2.75) is 38.8 Å². The molecule has 144 valence electrons. The summed E-state index contributed by atoms with van der Waals surface area (Å²) in [7, 11) is 0. The summed E-state index contributed by atoms with van der Waals surface area (Å²) in [5.74, 6) is 0.0929. The number of carbonyl (C=O) groups is 1. The maximum absolute atomic E-state index is 13.8. The number of anilines is 1. The topological polar surface area (TPSA) is 32.8 Å². The average molecular weight is 389 g/mol. The van der Waals surface area contributed by atoms with Gasteiger partial charge in [-0.2, -0.15) is 0 Å². The zero-order chi connectivity index (χ0) is 18.8. The van der Waals surface area contributed by atoms with Crippen LogP contribution in [0.3, 0.4) is 0 Å². The van der Waals surface area contributed by atoms with Gasteiger partial charge in [0.25, 0.3) is 0 Å². The molecule has 0 radical (unpaired) electrons. The zero-order valence-electron chi connectivity index (χ0n) is 15.6. The van der Waals surface area contributed by atoms with Gasteiger partial charge in [0.2, 0.25) is 0 Å². The molecule has 0 N–H and O–H groups in total. The van der Waals surface area contributed by atoms with Crippen LogP contribution in [0.4, 0.5) is 14.9 Å². The van der Waals surface area contributed by atoms with E-state index in [4.69, 9.17) is 4.74 Å². The first-order valence-electron chi connectivity index (χ1n) is 9.66. The molecule has 5 rings (SSSR count). The Labute approximate surface area is 163 Å². The Bertz CT molecular complexity index is 801. The predicted molar refractivity (Wildman–Crippen MR) is 106 cm³/mol. The van der Waals surface area contributed by atoms with Crippen LogP contribution in [0.2, 0.25) is 0 Å². The molecule has 0 spiro atoms. The first-order valence-corrected chi connectivity index (χ1v) is 10.5. The minimum Gasteiger partial charge on any atom is -0.444 e. The Morgan fingerprint density at radius 3 is 2.67 bits per heavy atom. The summed E-state index contributed by atoms with van der Waals surface area (Å²) in [6.45, 7) is 5.52. The second-order valence-electron chi connectivity index (χ2n) is 7.35. The van der Waals surface area contributed by atoms with E-state index in [1.165, 1.54) is 17.0 Å². The molecular formula is C21H25FN2O2S. The van der Waals surface area contributed by atoms with Crippen molar-refractivity contribution in [3.8, 4) is 0 Å². The molecule has 27 heavy (non-hydrogen) atoms. The number of rotatable bonds is 5. The number of amides is 1. The lowest BCUT2D eigenvalue weighted by Gasteiger charge is -2.44. The summed E-state index contributed by atoms with van der Waals surface area (Å²) in [6, 6.07) is 10.3. The van der Waals surface area contributed by atoms with Crippen LogP contribution in [-0.2, 0) is 17.7 Å². The number of aryl methyl sites for hydroxylation is 1. The van der Waals surface area contributed by atoms with Crippen molar-refractivity contribution in [2.24, 2.45) is 5.92 Å². The molecule has 4 nitrogen and oxygen atoms in total. The lowest BCUT2D eigenvalue weighted by atomic mass is 9.86. The van der Waals surface area contributed by atoms with Crippen LogP contribution in [0, 0.1) is 11.7 Å². The van der Waals surface area contributed by atoms with Gasteiger partial charge in [-0.15, -0.1) is 11.3 Å². The molecule has 1 aromatic heterocycles. The SMILES string of the molecule is CCc1ccc(CN(C(=O)O[C@H]2CN3CCC2CC3)c2cccc(F)c2)s1. The maximum Gasteiger partial charge on any atom is 0.414 e. The predicted octanol–water partition coefficient (Wildman–Crippen LogP) is 4.69. The number of fused-ring (bicyclic) bond motifs is 3. The number of piperidine rings is 3. The second kappa shape index (κ2) is 7.98. The molecule has 2 aromatic rings. The summed E-state index contributed by atoms with van der Waals surface area (Å²) in [6.07, 6.45) is 2.69. The number of hydrogen-bond donors (Lipinski definition) is 0. The van der Waals surface area contributed by atoms with E-state index in [9.17, 15) is 9.18 Å². The van der Waals surface area contributed by atoms with Crippen LogP contribution in [0.1, 0.15) is 29.5 Å². The summed E-state index contributed by atoms with van der Waals surface area (Å²) >= 11 is 1.68. The summed E-state index contributed by atoms with van der Waals surface area (Å²) in [5, 5.41) is 0. The van der Waals surface area contributed by atoms with Crippen LogP contribution in [-0.4, -0.2) is 36.7 Å². The van der Waals surface area contributed by atoms with Crippen LogP contribution in [0.15, 0.2) is 36.4 Å². The molecule has 4 heterocycles. The molecule has 6 heteroatoms. The molecule has 2 bridgehead atoms. The van der Waals surface area contributed by atoms with Crippen LogP contribution < -0.4 is 4.90 Å². The fraction of sp³-hybridized carbons (Fsp3) is 0.476. The molecule has 0 saturated carbocycles. The second-order valence-corrected chi connectivity index (χ2v) is 8.60. The number of benzene rings is 1. The molecule has 1 atom stereocenters. The quantitative estimate of drug-likeness (QED) is 0.745. The Kier molecular flexibility index (Phi) is 5.45. The minimum atomic E-state index is -0.384. The van der Waals surface area contributed by atoms with Crippen molar-refractivity contribution in [3.05, 3.63) is 52.0 Å². The van der Waals surface area contributed by atoms with Crippen molar-refractivity contribution in [2.75, 3.05) is 24.5 Å².